The first-order valence-corrected chi connectivity index (χ1v) is 11.5. The standard InChI is InChI=1S/C26H32FN3O3/c1-26(2,3)33-25(32)29(4)21-15-20(16-21)28-24(31)30-14-13-17-7-5-6-8-22(17)23(30)18-9-11-19(27)12-10-18/h5-12,20-21,23H,13-16H2,1-4H3,(H,28,31)/t20-,21-,23-/m0/s1. The molecular weight excluding hydrogens is 421 g/mol. The largest absolute Gasteiger partial charge is 0.444 e. The lowest BCUT2D eigenvalue weighted by atomic mass is 9.85. The lowest BCUT2D eigenvalue weighted by Crippen LogP contribution is -2.57. The molecule has 6 nitrogen and oxygen atoms in total. The molecule has 0 aromatic heterocycles. The summed E-state index contributed by atoms with van der Waals surface area (Å²) in [4.78, 5) is 29.0. The van der Waals surface area contributed by atoms with E-state index in [9.17, 15) is 14.0 Å². The molecule has 0 unspecified atom stereocenters. The van der Waals surface area contributed by atoms with Crippen LogP contribution in [-0.4, -0.2) is 53.2 Å². The van der Waals surface area contributed by atoms with Crippen molar-refractivity contribution in [1.82, 2.24) is 15.1 Å². The normalized spacial score (nSPS) is 22.1. The molecule has 1 aliphatic heterocycles. The van der Waals surface area contributed by atoms with E-state index >= 15 is 0 Å². The van der Waals surface area contributed by atoms with E-state index in [-0.39, 0.29) is 36.1 Å². The number of halogens is 1. The van der Waals surface area contributed by atoms with Gasteiger partial charge in [0.05, 0.1) is 6.04 Å². The minimum Gasteiger partial charge on any atom is -0.444 e. The van der Waals surface area contributed by atoms with Crippen LogP contribution in [0.5, 0.6) is 0 Å². The van der Waals surface area contributed by atoms with Gasteiger partial charge in [-0.1, -0.05) is 36.4 Å². The van der Waals surface area contributed by atoms with Gasteiger partial charge >= 0.3 is 12.1 Å². The second-order valence-electron chi connectivity index (χ2n) is 9.96. The van der Waals surface area contributed by atoms with Gasteiger partial charge in [-0.3, -0.25) is 0 Å². The maximum absolute atomic E-state index is 13.6. The summed E-state index contributed by atoms with van der Waals surface area (Å²) in [6.07, 6.45) is 1.80. The maximum atomic E-state index is 13.6. The number of urea groups is 1. The van der Waals surface area contributed by atoms with Gasteiger partial charge in [0.25, 0.3) is 0 Å². The summed E-state index contributed by atoms with van der Waals surface area (Å²) in [6, 6.07) is 14.1. The van der Waals surface area contributed by atoms with Crippen molar-refractivity contribution in [1.29, 1.82) is 0 Å². The van der Waals surface area contributed by atoms with E-state index in [1.807, 2.05) is 43.9 Å². The Morgan fingerprint density at radius 1 is 1.09 bits per heavy atom. The number of carbonyl (C=O) groups is 2. The van der Waals surface area contributed by atoms with Gasteiger partial charge in [0, 0.05) is 25.7 Å². The third kappa shape index (κ3) is 5.13. The summed E-state index contributed by atoms with van der Waals surface area (Å²) < 4.78 is 19.0. The van der Waals surface area contributed by atoms with E-state index in [1.54, 1.807) is 24.1 Å². The van der Waals surface area contributed by atoms with Gasteiger partial charge in [-0.05, 0) is 68.9 Å². The number of ether oxygens (including phenoxy) is 1. The summed E-state index contributed by atoms with van der Waals surface area (Å²) in [6.45, 7) is 6.11. The minimum atomic E-state index is -0.539. The maximum Gasteiger partial charge on any atom is 0.410 e. The third-order valence-corrected chi connectivity index (χ3v) is 6.40. The van der Waals surface area contributed by atoms with E-state index in [2.05, 4.69) is 11.4 Å². The highest BCUT2D eigenvalue weighted by atomic mass is 19.1. The van der Waals surface area contributed by atoms with Crippen molar-refractivity contribution in [3.05, 3.63) is 71.0 Å². The molecule has 2 aliphatic rings. The molecule has 1 atom stereocenters. The molecule has 2 aromatic rings. The van der Waals surface area contributed by atoms with Gasteiger partial charge in [-0.15, -0.1) is 0 Å². The average Bonchev–Trinajstić information content (AvgIpc) is 2.74. The van der Waals surface area contributed by atoms with Crippen LogP contribution in [0.4, 0.5) is 14.0 Å². The van der Waals surface area contributed by atoms with Gasteiger partial charge in [-0.25, -0.2) is 14.0 Å². The SMILES string of the molecule is CN(C(=O)OC(C)(C)C)[C@H]1C[C@H](NC(=O)N2CCc3ccccc3[C@@H]2c2ccc(F)cc2)C1. The summed E-state index contributed by atoms with van der Waals surface area (Å²) in [5.74, 6) is -0.298. The smallest absolute Gasteiger partial charge is 0.410 e. The summed E-state index contributed by atoms with van der Waals surface area (Å²) >= 11 is 0. The lowest BCUT2D eigenvalue weighted by molar-refractivity contribution is 0.0107. The fraction of sp³-hybridized carbons (Fsp3) is 0.462. The highest BCUT2D eigenvalue weighted by molar-refractivity contribution is 5.76. The van der Waals surface area contributed by atoms with Crippen LogP contribution in [-0.2, 0) is 11.2 Å². The van der Waals surface area contributed by atoms with E-state index in [1.165, 1.54) is 17.7 Å². The van der Waals surface area contributed by atoms with E-state index in [0.29, 0.717) is 19.4 Å². The van der Waals surface area contributed by atoms with E-state index in [4.69, 9.17) is 4.74 Å². The van der Waals surface area contributed by atoms with Gasteiger partial charge < -0.3 is 19.9 Å². The zero-order chi connectivity index (χ0) is 23.8. The fourth-order valence-electron chi connectivity index (χ4n) is 4.55. The van der Waals surface area contributed by atoms with Gasteiger partial charge in [0.15, 0.2) is 0 Å². The van der Waals surface area contributed by atoms with Crippen LogP contribution >= 0.6 is 0 Å². The molecule has 2 aromatic carbocycles. The zero-order valence-corrected chi connectivity index (χ0v) is 19.7. The molecule has 1 aliphatic carbocycles. The van der Waals surface area contributed by atoms with Gasteiger partial charge in [0.2, 0.25) is 0 Å². The van der Waals surface area contributed by atoms with Gasteiger partial charge in [-0.2, -0.15) is 0 Å². The Balaban J connectivity index is 1.43. The quantitative estimate of drug-likeness (QED) is 0.721. The summed E-state index contributed by atoms with van der Waals surface area (Å²) in [7, 11) is 1.74. The summed E-state index contributed by atoms with van der Waals surface area (Å²) in [5, 5.41) is 3.13. The Bertz CT molecular complexity index is 1010. The Kier molecular flexibility index (Phi) is 6.32. The molecule has 1 saturated carbocycles. The van der Waals surface area contributed by atoms with E-state index in [0.717, 1.165) is 17.5 Å². The Morgan fingerprint density at radius 2 is 1.76 bits per heavy atom. The molecular formula is C26H32FN3O3. The highest BCUT2D eigenvalue weighted by Gasteiger charge is 2.39. The van der Waals surface area contributed by atoms with Crippen molar-refractivity contribution in [2.75, 3.05) is 13.6 Å². The van der Waals surface area contributed by atoms with Crippen LogP contribution < -0.4 is 5.32 Å². The molecule has 3 amide bonds. The number of benzene rings is 2. The topological polar surface area (TPSA) is 61.9 Å². The molecule has 0 saturated heterocycles. The van der Waals surface area contributed by atoms with Crippen molar-refractivity contribution in [2.45, 2.75) is 63.8 Å². The molecule has 1 fully saturated rings. The van der Waals surface area contributed by atoms with Crippen LogP contribution in [0.3, 0.4) is 0 Å². The molecule has 0 spiro atoms. The van der Waals surface area contributed by atoms with Crippen molar-refractivity contribution in [2.24, 2.45) is 0 Å². The van der Waals surface area contributed by atoms with Crippen LogP contribution in [0.2, 0.25) is 0 Å². The van der Waals surface area contributed by atoms with Crippen LogP contribution in [0.1, 0.15) is 56.3 Å². The van der Waals surface area contributed by atoms with E-state index < -0.39 is 5.60 Å². The first kappa shape index (κ1) is 23.1. The Morgan fingerprint density at radius 3 is 2.42 bits per heavy atom. The van der Waals surface area contributed by atoms with Gasteiger partial charge in [0.1, 0.15) is 11.4 Å². The van der Waals surface area contributed by atoms with Crippen molar-refractivity contribution >= 4 is 12.1 Å². The number of nitrogens with one attached hydrogen (secondary N) is 1. The number of rotatable bonds is 3. The molecule has 1 heterocycles. The predicted molar refractivity (Wildman–Crippen MR) is 124 cm³/mol. The minimum absolute atomic E-state index is 0.00146. The molecule has 0 radical (unpaired) electrons. The molecule has 4 rings (SSSR count). The zero-order valence-electron chi connectivity index (χ0n) is 19.7. The number of nitrogens with zero attached hydrogens (tertiary/aromatic N) is 2. The average molecular weight is 454 g/mol. The highest BCUT2D eigenvalue weighted by Crippen LogP contribution is 2.36. The first-order valence-electron chi connectivity index (χ1n) is 11.5. The number of carbonyl (C=O) groups excluding carboxylic acids is 2. The Labute approximate surface area is 194 Å². The molecule has 0 bridgehead atoms. The van der Waals surface area contributed by atoms with Crippen LogP contribution in [0.25, 0.3) is 0 Å². The summed E-state index contributed by atoms with van der Waals surface area (Å²) in [5.41, 5.74) is 2.62. The number of fused-ring (bicyclic) bond motifs is 1. The predicted octanol–water partition coefficient (Wildman–Crippen LogP) is 4.88. The second-order valence-corrected chi connectivity index (χ2v) is 9.96. The molecule has 1 N–H and O–H groups in total. The van der Waals surface area contributed by atoms with Crippen molar-refractivity contribution in [3.8, 4) is 0 Å². The monoisotopic (exact) mass is 453 g/mol. The number of amides is 3. The number of hydrogen-bond donors (Lipinski definition) is 1. The molecule has 33 heavy (non-hydrogen) atoms. The van der Waals surface area contributed by atoms with Crippen molar-refractivity contribution < 1.29 is 18.7 Å². The fourth-order valence-corrected chi connectivity index (χ4v) is 4.55. The van der Waals surface area contributed by atoms with Crippen LogP contribution in [0, 0.1) is 5.82 Å². The van der Waals surface area contributed by atoms with Crippen molar-refractivity contribution in [3.63, 3.8) is 0 Å². The third-order valence-electron chi connectivity index (χ3n) is 6.40. The second kappa shape index (κ2) is 9.04. The lowest BCUT2D eigenvalue weighted by Gasteiger charge is -2.43. The Hall–Kier alpha value is -3.09. The number of hydrogen-bond acceptors (Lipinski definition) is 3. The molecule has 176 valence electrons. The first-order chi connectivity index (χ1) is 15.6. The molecule has 7 heteroatoms. The van der Waals surface area contributed by atoms with Crippen LogP contribution in [0.15, 0.2) is 48.5 Å².